The minimum atomic E-state index is -0.514. The Balaban J connectivity index is 1.88. The standard InChI is InChI=1S/C21H17N5O3/c1-13-5-4-6-14(9-13)20(16-7-2-3-8-22-16)25-18-11-17-15(10-19(18)26(28)29)21(27)24-12-23-17/h2-12,20,25H,1H3,(H,23,24,27). The van der Waals surface area contributed by atoms with Crippen molar-refractivity contribution in [1.29, 1.82) is 0 Å². The van der Waals surface area contributed by atoms with E-state index in [9.17, 15) is 14.9 Å². The first-order valence-corrected chi connectivity index (χ1v) is 8.93. The highest BCUT2D eigenvalue weighted by Gasteiger charge is 2.22. The van der Waals surface area contributed by atoms with Crippen LogP contribution < -0.4 is 10.9 Å². The molecular formula is C21H17N5O3. The van der Waals surface area contributed by atoms with Gasteiger partial charge in [0.15, 0.2) is 0 Å². The summed E-state index contributed by atoms with van der Waals surface area (Å²) in [6.07, 6.45) is 2.95. The summed E-state index contributed by atoms with van der Waals surface area (Å²) < 4.78 is 0. The molecule has 2 N–H and O–H groups in total. The first-order valence-electron chi connectivity index (χ1n) is 8.93. The van der Waals surface area contributed by atoms with Crippen molar-refractivity contribution in [3.05, 3.63) is 104 Å². The van der Waals surface area contributed by atoms with Gasteiger partial charge in [-0.25, -0.2) is 4.98 Å². The van der Waals surface area contributed by atoms with Crippen molar-refractivity contribution in [2.75, 3.05) is 5.32 Å². The third kappa shape index (κ3) is 3.68. The lowest BCUT2D eigenvalue weighted by Gasteiger charge is -2.20. The molecule has 2 aromatic carbocycles. The van der Waals surface area contributed by atoms with E-state index in [4.69, 9.17) is 0 Å². The summed E-state index contributed by atoms with van der Waals surface area (Å²) in [6.45, 7) is 1.98. The van der Waals surface area contributed by atoms with Crippen molar-refractivity contribution in [3.63, 3.8) is 0 Å². The number of aromatic nitrogens is 3. The zero-order valence-corrected chi connectivity index (χ0v) is 15.5. The molecule has 2 heterocycles. The van der Waals surface area contributed by atoms with Gasteiger partial charge in [0, 0.05) is 12.3 Å². The number of pyridine rings is 1. The summed E-state index contributed by atoms with van der Waals surface area (Å²) in [5.74, 6) is 0. The highest BCUT2D eigenvalue weighted by atomic mass is 16.6. The summed E-state index contributed by atoms with van der Waals surface area (Å²) in [7, 11) is 0. The van der Waals surface area contributed by atoms with Crippen LogP contribution in [0.3, 0.4) is 0 Å². The van der Waals surface area contributed by atoms with E-state index in [1.165, 1.54) is 18.5 Å². The van der Waals surface area contributed by atoms with Crippen LogP contribution in [0.1, 0.15) is 22.9 Å². The van der Waals surface area contributed by atoms with Crippen molar-refractivity contribution in [3.8, 4) is 0 Å². The van der Waals surface area contributed by atoms with Gasteiger partial charge in [0.25, 0.3) is 11.2 Å². The van der Waals surface area contributed by atoms with Gasteiger partial charge >= 0.3 is 0 Å². The molecule has 8 heteroatoms. The molecule has 29 heavy (non-hydrogen) atoms. The molecule has 0 bridgehead atoms. The van der Waals surface area contributed by atoms with E-state index < -0.39 is 16.5 Å². The number of fused-ring (bicyclic) bond motifs is 1. The second kappa shape index (κ2) is 7.51. The van der Waals surface area contributed by atoms with Gasteiger partial charge < -0.3 is 10.3 Å². The van der Waals surface area contributed by atoms with Crippen molar-refractivity contribution < 1.29 is 4.92 Å². The molecule has 0 fully saturated rings. The normalized spacial score (nSPS) is 11.9. The minimum Gasteiger partial charge on any atom is -0.367 e. The van der Waals surface area contributed by atoms with Gasteiger partial charge in [-0.2, -0.15) is 0 Å². The largest absolute Gasteiger partial charge is 0.367 e. The molecule has 1 atom stereocenters. The number of H-pyrrole nitrogens is 1. The van der Waals surface area contributed by atoms with Crippen LogP contribution >= 0.6 is 0 Å². The molecule has 0 aliphatic carbocycles. The van der Waals surface area contributed by atoms with Crippen molar-refractivity contribution in [2.24, 2.45) is 0 Å². The van der Waals surface area contributed by atoms with Crippen LogP contribution in [-0.4, -0.2) is 19.9 Å². The van der Waals surface area contributed by atoms with Crippen molar-refractivity contribution >= 4 is 22.3 Å². The van der Waals surface area contributed by atoms with Crippen LogP contribution in [0.4, 0.5) is 11.4 Å². The third-order valence-corrected chi connectivity index (χ3v) is 4.61. The second-order valence-corrected chi connectivity index (χ2v) is 6.62. The van der Waals surface area contributed by atoms with E-state index in [1.54, 1.807) is 6.20 Å². The Morgan fingerprint density at radius 3 is 2.69 bits per heavy atom. The van der Waals surface area contributed by atoms with Gasteiger partial charge in [0.2, 0.25) is 0 Å². The number of aryl methyl sites for hydroxylation is 1. The molecule has 0 saturated carbocycles. The van der Waals surface area contributed by atoms with Crippen LogP contribution in [0.25, 0.3) is 10.9 Å². The average molecular weight is 387 g/mol. The Hall–Kier alpha value is -4.07. The molecule has 0 amide bonds. The average Bonchev–Trinajstić information content (AvgIpc) is 2.72. The maximum Gasteiger partial charge on any atom is 0.293 e. The predicted octanol–water partition coefficient (Wildman–Crippen LogP) is 3.74. The smallest absolute Gasteiger partial charge is 0.293 e. The molecule has 0 spiro atoms. The Kier molecular flexibility index (Phi) is 4.74. The van der Waals surface area contributed by atoms with E-state index in [2.05, 4.69) is 20.3 Å². The van der Waals surface area contributed by atoms with Gasteiger partial charge in [-0.1, -0.05) is 35.9 Å². The zero-order valence-electron chi connectivity index (χ0n) is 15.5. The number of nitrogens with zero attached hydrogens (tertiary/aromatic N) is 3. The highest BCUT2D eigenvalue weighted by molar-refractivity contribution is 5.86. The molecule has 1 unspecified atom stereocenters. The minimum absolute atomic E-state index is 0.162. The first kappa shape index (κ1) is 18.3. The molecule has 2 aromatic heterocycles. The summed E-state index contributed by atoms with van der Waals surface area (Å²) in [5, 5.41) is 15.1. The lowest BCUT2D eigenvalue weighted by molar-refractivity contribution is -0.383. The Labute approximate surface area is 165 Å². The number of nitro groups is 1. The van der Waals surface area contributed by atoms with Crippen LogP contribution in [0, 0.1) is 17.0 Å². The maximum absolute atomic E-state index is 12.0. The monoisotopic (exact) mass is 387 g/mol. The maximum atomic E-state index is 12.0. The molecular weight excluding hydrogens is 370 g/mol. The fourth-order valence-corrected chi connectivity index (χ4v) is 3.25. The molecule has 0 saturated heterocycles. The van der Waals surface area contributed by atoms with E-state index in [0.717, 1.165) is 11.1 Å². The summed E-state index contributed by atoms with van der Waals surface area (Å²) >= 11 is 0. The second-order valence-electron chi connectivity index (χ2n) is 6.62. The molecule has 0 radical (unpaired) electrons. The van der Waals surface area contributed by atoms with Gasteiger partial charge in [-0.3, -0.25) is 19.9 Å². The van der Waals surface area contributed by atoms with Crippen LogP contribution in [0.2, 0.25) is 0 Å². The van der Waals surface area contributed by atoms with E-state index >= 15 is 0 Å². The first-order chi connectivity index (χ1) is 14.0. The number of rotatable bonds is 5. The topological polar surface area (TPSA) is 114 Å². The number of benzene rings is 2. The van der Waals surface area contributed by atoms with Crippen LogP contribution in [-0.2, 0) is 0 Å². The van der Waals surface area contributed by atoms with Gasteiger partial charge in [-0.05, 0) is 30.7 Å². The predicted molar refractivity (Wildman–Crippen MR) is 110 cm³/mol. The number of hydrogen-bond donors (Lipinski definition) is 2. The number of hydrogen-bond acceptors (Lipinski definition) is 6. The Morgan fingerprint density at radius 1 is 1.10 bits per heavy atom. The molecule has 4 rings (SSSR count). The molecule has 8 nitrogen and oxygen atoms in total. The van der Waals surface area contributed by atoms with E-state index in [1.807, 2.05) is 49.4 Å². The fraction of sp³-hybridized carbons (Fsp3) is 0.0952. The van der Waals surface area contributed by atoms with Gasteiger partial charge in [-0.15, -0.1) is 0 Å². The fourth-order valence-electron chi connectivity index (χ4n) is 3.25. The highest BCUT2D eigenvalue weighted by Crippen LogP contribution is 2.33. The third-order valence-electron chi connectivity index (χ3n) is 4.61. The molecule has 144 valence electrons. The quantitative estimate of drug-likeness (QED) is 0.398. The molecule has 4 aromatic rings. The van der Waals surface area contributed by atoms with E-state index in [0.29, 0.717) is 11.2 Å². The molecule has 0 aliphatic rings. The number of nitrogens with one attached hydrogen (secondary N) is 2. The van der Waals surface area contributed by atoms with E-state index in [-0.39, 0.29) is 16.8 Å². The lowest BCUT2D eigenvalue weighted by atomic mass is 10.0. The number of aromatic amines is 1. The van der Waals surface area contributed by atoms with Crippen molar-refractivity contribution in [1.82, 2.24) is 15.0 Å². The zero-order chi connectivity index (χ0) is 20.4. The summed E-state index contributed by atoms with van der Waals surface area (Å²) in [6, 6.07) is 15.7. The lowest BCUT2D eigenvalue weighted by Crippen LogP contribution is -2.15. The van der Waals surface area contributed by atoms with Crippen LogP contribution in [0.5, 0.6) is 0 Å². The SMILES string of the molecule is Cc1cccc(C(Nc2cc3nc[nH]c(=O)c3cc2[N+](=O)[O-])c2ccccn2)c1. The Bertz CT molecular complexity index is 1250. The molecule has 0 aliphatic heterocycles. The number of nitro benzene ring substituents is 1. The van der Waals surface area contributed by atoms with Crippen molar-refractivity contribution in [2.45, 2.75) is 13.0 Å². The van der Waals surface area contributed by atoms with Crippen LogP contribution in [0.15, 0.2) is 71.9 Å². The summed E-state index contributed by atoms with van der Waals surface area (Å²) in [5.41, 5.74) is 2.69. The summed E-state index contributed by atoms with van der Waals surface area (Å²) in [4.78, 5) is 34.2. The number of anilines is 1. The van der Waals surface area contributed by atoms with Gasteiger partial charge in [0.1, 0.15) is 5.69 Å². The Morgan fingerprint density at radius 2 is 1.97 bits per heavy atom. The van der Waals surface area contributed by atoms with Gasteiger partial charge in [0.05, 0.1) is 33.9 Å².